The molecule has 1 saturated heterocycles. The largest absolute Gasteiger partial charge is 0.466 e. The number of ether oxygens (including phenoxy) is 1. The molecule has 4 nitrogen and oxygen atoms in total. The Kier molecular flexibility index (Phi) is 4.69. The third-order valence-corrected chi connectivity index (χ3v) is 6.51. The Bertz CT molecular complexity index is 842. The van der Waals surface area contributed by atoms with Gasteiger partial charge in [0.15, 0.2) is 0 Å². The zero-order chi connectivity index (χ0) is 18.3. The number of halogens is 1. The molecular formula is C21H23IN2O2. The predicted molar refractivity (Wildman–Crippen MR) is 112 cm³/mol. The fraction of sp³-hybridized carbons (Fsp3) is 0.381. The number of methoxy groups -OCH3 is 1. The third-order valence-electron chi connectivity index (χ3n) is 6.00. The number of allylic oxidation sites excluding steroid dienone is 1. The molecule has 0 saturated carbocycles. The summed E-state index contributed by atoms with van der Waals surface area (Å²) in [4.78, 5) is 15.1. The highest BCUT2D eigenvalue weighted by Crippen LogP contribution is 2.58. The maximum absolute atomic E-state index is 12.6. The molecule has 136 valence electrons. The van der Waals surface area contributed by atoms with Crippen molar-refractivity contribution in [3.05, 3.63) is 62.9 Å². The van der Waals surface area contributed by atoms with E-state index in [4.69, 9.17) is 4.74 Å². The van der Waals surface area contributed by atoms with Crippen LogP contribution in [0.4, 0.5) is 5.69 Å². The number of para-hydroxylation sites is 1. The van der Waals surface area contributed by atoms with E-state index in [0.717, 1.165) is 36.5 Å². The van der Waals surface area contributed by atoms with Crippen molar-refractivity contribution in [3.8, 4) is 0 Å². The van der Waals surface area contributed by atoms with Gasteiger partial charge in [0.25, 0.3) is 0 Å². The van der Waals surface area contributed by atoms with Gasteiger partial charge in [-0.15, -0.1) is 0 Å². The molecule has 2 aliphatic heterocycles. The lowest BCUT2D eigenvalue weighted by molar-refractivity contribution is -0.136. The van der Waals surface area contributed by atoms with Crippen LogP contribution in [0, 0.1) is 0 Å². The van der Waals surface area contributed by atoms with Gasteiger partial charge in [0, 0.05) is 36.9 Å². The lowest BCUT2D eigenvalue weighted by Crippen LogP contribution is -2.48. The minimum Gasteiger partial charge on any atom is -0.466 e. The molecule has 4 rings (SSSR count). The van der Waals surface area contributed by atoms with Gasteiger partial charge in [-0.25, -0.2) is 4.79 Å². The summed E-state index contributed by atoms with van der Waals surface area (Å²) in [6, 6.07) is 8.76. The average Bonchev–Trinajstić information content (AvgIpc) is 3.22. The number of nitrogens with one attached hydrogen (secondary N) is 1. The van der Waals surface area contributed by atoms with E-state index >= 15 is 0 Å². The number of anilines is 1. The molecule has 1 spiro atoms. The van der Waals surface area contributed by atoms with Crippen molar-refractivity contribution in [2.24, 2.45) is 0 Å². The van der Waals surface area contributed by atoms with Gasteiger partial charge >= 0.3 is 5.97 Å². The monoisotopic (exact) mass is 462 g/mol. The van der Waals surface area contributed by atoms with E-state index in [1.54, 1.807) is 0 Å². The number of esters is 1. The van der Waals surface area contributed by atoms with E-state index in [2.05, 4.69) is 80.2 Å². The second-order valence-electron chi connectivity index (χ2n) is 7.04. The molecular weight excluding hydrogens is 439 g/mol. The first-order valence-electron chi connectivity index (χ1n) is 9.00. The van der Waals surface area contributed by atoms with Crippen molar-refractivity contribution >= 4 is 34.2 Å². The summed E-state index contributed by atoms with van der Waals surface area (Å²) >= 11 is 2.28. The lowest BCUT2D eigenvalue weighted by Gasteiger charge is -2.42. The van der Waals surface area contributed by atoms with Gasteiger partial charge in [0.2, 0.25) is 0 Å². The molecule has 0 radical (unpaired) electrons. The minimum absolute atomic E-state index is 0.181. The Morgan fingerprint density at radius 3 is 3.00 bits per heavy atom. The van der Waals surface area contributed by atoms with Crippen LogP contribution in [0.2, 0.25) is 0 Å². The van der Waals surface area contributed by atoms with Gasteiger partial charge in [0.1, 0.15) is 0 Å². The molecule has 0 unspecified atom stereocenters. The first-order chi connectivity index (χ1) is 12.7. The third kappa shape index (κ3) is 2.40. The van der Waals surface area contributed by atoms with E-state index in [9.17, 15) is 4.79 Å². The quantitative estimate of drug-likeness (QED) is 0.417. The topological polar surface area (TPSA) is 41.6 Å². The number of fused-ring (bicyclic) bond motifs is 1. The van der Waals surface area contributed by atoms with Crippen molar-refractivity contribution in [2.45, 2.75) is 31.2 Å². The summed E-state index contributed by atoms with van der Waals surface area (Å²) in [6.45, 7) is 4.02. The molecule has 1 fully saturated rings. The summed E-state index contributed by atoms with van der Waals surface area (Å²) in [7, 11) is 1.47. The zero-order valence-electron chi connectivity index (χ0n) is 15.1. The Morgan fingerprint density at radius 2 is 2.27 bits per heavy atom. The van der Waals surface area contributed by atoms with Crippen LogP contribution in [0.5, 0.6) is 0 Å². The number of benzene rings is 1. The Balaban J connectivity index is 1.94. The van der Waals surface area contributed by atoms with Crippen LogP contribution in [0.15, 0.2) is 57.3 Å². The summed E-state index contributed by atoms with van der Waals surface area (Å²) in [5, 5.41) is 3.59. The number of rotatable bonds is 3. The minimum atomic E-state index is -0.219. The van der Waals surface area contributed by atoms with E-state index < -0.39 is 0 Å². The van der Waals surface area contributed by atoms with Crippen LogP contribution in [0.3, 0.4) is 0 Å². The van der Waals surface area contributed by atoms with Crippen molar-refractivity contribution in [1.82, 2.24) is 4.90 Å². The maximum atomic E-state index is 12.6. The van der Waals surface area contributed by atoms with Crippen LogP contribution in [-0.2, 0) is 14.9 Å². The van der Waals surface area contributed by atoms with Crippen LogP contribution in [0.1, 0.15) is 25.3 Å². The summed E-state index contributed by atoms with van der Waals surface area (Å²) in [5.41, 5.74) is 5.40. The predicted octanol–water partition coefficient (Wildman–Crippen LogP) is 4.15. The number of hydrogen-bond acceptors (Lipinski definition) is 4. The summed E-state index contributed by atoms with van der Waals surface area (Å²) in [5.74, 6) is -0.219. The van der Waals surface area contributed by atoms with Crippen molar-refractivity contribution in [2.75, 3.05) is 25.5 Å². The highest BCUT2D eigenvalue weighted by Gasteiger charge is 2.59. The maximum Gasteiger partial charge on any atom is 0.335 e. The number of nitrogens with zero attached hydrogens (tertiary/aromatic N) is 1. The van der Waals surface area contributed by atoms with Gasteiger partial charge in [-0.05, 0) is 29.1 Å². The van der Waals surface area contributed by atoms with Gasteiger partial charge in [-0.1, -0.05) is 58.5 Å². The van der Waals surface area contributed by atoms with Gasteiger partial charge < -0.3 is 10.1 Å². The van der Waals surface area contributed by atoms with Gasteiger partial charge in [0.05, 0.1) is 18.1 Å². The fourth-order valence-electron chi connectivity index (χ4n) is 5.02. The number of likely N-dealkylation sites (tertiary alicyclic amines) is 1. The normalized spacial score (nSPS) is 28.9. The molecule has 3 aliphatic rings. The highest BCUT2D eigenvalue weighted by atomic mass is 127. The summed E-state index contributed by atoms with van der Waals surface area (Å²) < 4.78 is 7.22. The van der Waals surface area contributed by atoms with Crippen LogP contribution < -0.4 is 5.32 Å². The number of hydrogen-bond donors (Lipinski definition) is 1. The van der Waals surface area contributed by atoms with E-state index in [0.29, 0.717) is 6.42 Å². The van der Waals surface area contributed by atoms with Crippen molar-refractivity contribution in [1.29, 1.82) is 0 Å². The van der Waals surface area contributed by atoms with E-state index in [1.807, 2.05) is 0 Å². The molecule has 0 amide bonds. The lowest BCUT2D eigenvalue weighted by atomic mass is 9.65. The Morgan fingerprint density at radius 1 is 1.46 bits per heavy atom. The van der Waals surface area contributed by atoms with Crippen LogP contribution >= 0.6 is 22.6 Å². The molecule has 2 heterocycles. The van der Waals surface area contributed by atoms with Crippen molar-refractivity contribution in [3.63, 3.8) is 0 Å². The van der Waals surface area contributed by atoms with Crippen LogP contribution in [-0.4, -0.2) is 37.1 Å². The molecule has 1 aliphatic carbocycles. The SMILES string of the molecule is C/C=C1\CC(C(=O)OC)=C2Nc3ccccc3[C@@]23CCN(C/C=C\I)[C@@H]13. The molecule has 1 aromatic carbocycles. The number of carbonyl (C=O) groups is 1. The van der Waals surface area contributed by atoms with Gasteiger partial charge in [-0.2, -0.15) is 0 Å². The Labute approximate surface area is 168 Å². The van der Waals surface area contributed by atoms with E-state index in [1.165, 1.54) is 18.2 Å². The molecule has 1 aromatic rings. The summed E-state index contributed by atoms with van der Waals surface area (Å²) in [6.07, 6.45) is 6.06. The first kappa shape index (κ1) is 17.8. The standard InChI is InChI=1S/C21H23IN2O2/c1-3-14-13-15(20(25)26-2)18-21(16-7-4-5-8-17(16)23-18)9-12-24(19(14)21)11-6-10-22/h3-8,10,19,23H,9,11-13H2,1-2H3/b10-6-,14-3+/t19-,21-/m0/s1. The van der Waals surface area contributed by atoms with E-state index in [-0.39, 0.29) is 17.4 Å². The molecule has 0 bridgehead atoms. The number of carbonyl (C=O) groups excluding carboxylic acids is 1. The molecule has 26 heavy (non-hydrogen) atoms. The van der Waals surface area contributed by atoms with Crippen molar-refractivity contribution < 1.29 is 9.53 Å². The molecule has 2 atom stereocenters. The van der Waals surface area contributed by atoms with Gasteiger partial charge in [-0.3, -0.25) is 4.90 Å². The first-order valence-corrected chi connectivity index (χ1v) is 10.2. The highest BCUT2D eigenvalue weighted by molar-refractivity contribution is 14.1. The Hall–Kier alpha value is -1.60. The smallest absolute Gasteiger partial charge is 0.335 e. The molecule has 1 N–H and O–H groups in total. The van der Waals surface area contributed by atoms with Crippen LogP contribution in [0.25, 0.3) is 0 Å². The fourth-order valence-corrected chi connectivity index (χ4v) is 5.24. The molecule has 0 aromatic heterocycles. The second-order valence-corrected chi connectivity index (χ2v) is 7.76. The zero-order valence-corrected chi connectivity index (χ0v) is 17.2. The second kappa shape index (κ2) is 6.85. The molecule has 5 heteroatoms. The average molecular weight is 462 g/mol.